The fourth-order valence-electron chi connectivity index (χ4n) is 0.902. The molecule has 0 bridgehead atoms. The molecule has 1 N–H and O–H groups in total. The zero-order valence-electron chi connectivity index (χ0n) is 9.04. The van der Waals surface area contributed by atoms with E-state index < -0.39 is 0 Å². The molecule has 0 saturated heterocycles. The van der Waals surface area contributed by atoms with Gasteiger partial charge in [0.15, 0.2) is 5.78 Å². The maximum absolute atomic E-state index is 11.2. The van der Waals surface area contributed by atoms with Gasteiger partial charge in [0.25, 0.3) is 0 Å². The second-order valence-electron chi connectivity index (χ2n) is 3.26. The van der Waals surface area contributed by atoms with Crippen LogP contribution < -0.4 is 0 Å². The second-order valence-corrected chi connectivity index (χ2v) is 3.26. The van der Waals surface area contributed by atoms with Crippen molar-refractivity contribution in [2.24, 2.45) is 5.92 Å². The summed E-state index contributed by atoms with van der Waals surface area (Å²) in [6.07, 6.45) is 1.55. The zero-order valence-corrected chi connectivity index (χ0v) is 11.4. The fourth-order valence-corrected chi connectivity index (χ4v) is 0.902. The van der Waals surface area contributed by atoms with Crippen LogP contribution in [-0.2, 0) is 29.6 Å². The predicted molar refractivity (Wildman–Crippen MR) is 51.6 cm³/mol. The van der Waals surface area contributed by atoms with E-state index >= 15 is 0 Å². The minimum atomic E-state index is -0.359. The number of allylic oxidation sites excluding steroid dienone is 1. The molecule has 0 aromatic carbocycles. The molecule has 14 heavy (non-hydrogen) atoms. The number of hydrogen-bond acceptors (Lipinski definition) is 3. The van der Waals surface area contributed by atoms with Crippen LogP contribution in [0.3, 0.4) is 0 Å². The molecule has 85 valence electrons. The van der Waals surface area contributed by atoms with Crippen LogP contribution in [0.4, 0.5) is 0 Å². The number of carbonyl (C=O) groups excluding carboxylic acids is 1. The largest absolute Gasteiger partial charge is 0.509 e. The van der Waals surface area contributed by atoms with E-state index in [0.717, 1.165) is 0 Å². The Kier molecular flexibility index (Phi) is 9.47. The molecule has 0 aromatic rings. The molecule has 0 saturated carbocycles. The van der Waals surface area contributed by atoms with Crippen molar-refractivity contribution in [1.82, 2.24) is 0 Å². The predicted octanol–water partition coefficient (Wildman–Crippen LogP) is 2.08. The Morgan fingerprint density at radius 2 is 2.00 bits per heavy atom. The number of hydrogen-bond donors (Lipinski definition) is 1. The summed E-state index contributed by atoms with van der Waals surface area (Å²) in [5.41, 5.74) is 0. The standard InChI is InChI=1S/C10H18O3.Ir/c1-5-10(13-4)9(12)6-8(11)7(2)3;/h6-7,10,12H,5H2,1-4H3;/b9-6-;. The number of carbonyl (C=O) groups is 1. The summed E-state index contributed by atoms with van der Waals surface area (Å²) in [5.74, 6) is -0.145. The molecule has 0 spiro atoms. The van der Waals surface area contributed by atoms with E-state index in [-0.39, 0.29) is 43.7 Å². The quantitative estimate of drug-likeness (QED) is 0.589. The van der Waals surface area contributed by atoms with Gasteiger partial charge >= 0.3 is 0 Å². The second kappa shape index (κ2) is 8.15. The normalized spacial score (nSPS) is 13.6. The first-order chi connectivity index (χ1) is 6.02. The van der Waals surface area contributed by atoms with E-state index in [1.165, 1.54) is 13.2 Å². The van der Waals surface area contributed by atoms with Gasteiger partial charge in [-0.25, -0.2) is 0 Å². The summed E-state index contributed by atoms with van der Waals surface area (Å²) in [4.78, 5) is 11.2. The topological polar surface area (TPSA) is 46.5 Å². The molecular weight excluding hydrogens is 360 g/mol. The summed E-state index contributed by atoms with van der Waals surface area (Å²) >= 11 is 0. The van der Waals surface area contributed by atoms with Gasteiger partial charge in [-0.2, -0.15) is 0 Å². The monoisotopic (exact) mass is 379 g/mol. The van der Waals surface area contributed by atoms with Gasteiger partial charge in [0.2, 0.25) is 0 Å². The average Bonchev–Trinajstić information content (AvgIpc) is 2.06. The van der Waals surface area contributed by atoms with E-state index in [0.29, 0.717) is 6.42 Å². The van der Waals surface area contributed by atoms with E-state index in [1.807, 2.05) is 6.92 Å². The Bertz CT molecular complexity index is 196. The molecule has 0 fully saturated rings. The van der Waals surface area contributed by atoms with Crippen LogP contribution in [0.25, 0.3) is 0 Å². The first-order valence-corrected chi connectivity index (χ1v) is 4.50. The van der Waals surface area contributed by atoms with Crippen molar-refractivity contribution in [3.05, 3.63) is 11.8 Å². The van der Waals surface area contributed by atoms with Crippen molar-refractivity contribution in [3.63, 3.8) is 0 Å². The third-order valence-electron chi connectivity index (χ3n) is 1.84. The molecule has 1 unspecified atom stereocenters. The molecule has 4 heteroatoms. The smallest absolute Gasteiger partial charge is 0.161 e. The molecule has 1 radical (unpaired) electrons. The number of rotatable bonds is 5. The molecule has 3 nitrogen and oxygen atoms in total. The van der Waals surface area contributed by atoms with Gasteiger partial charge in [0.1, 0.15) is 11.9 Å². The van der Waals surface area contributed by atoms with Crippen molar-refractivity contribution in [1.29, 1.82) is 0 Å². The number of aliphatic hydroxyl groups excluding tert-OH is 1. The van der Waals surface area contributed by atoms with Crippen LogP contribution >= 0.6 is 0 Å². The Labute approximate surface area is 98.9 Å². The van der Waals surface area contributed by atoms with Crippen molar-refractivity contribution in [3.8, 4) is 0 Å². The summed E-state index contributed by atoms with van der Waals surface area (Å²) in [5, 5.41) is 9.44. The Morgan fingerprint density at radius 1 is 1.50 bits per heavy atom. The summed E-state index contributed by atoms with van der Waals surface area (Å²) in [7, 11) is 1.51. The number of ether oxygens (including phenoxy) is 1. The van der Waals surface area contributed by atoms with Gasteiger partial charge in [-0.3, -0.25) is 4.79 Å². The Hall–Kier alpha value is -0.181. The molecule has 0 rings (SSSR count). The van der Waals surface area contributed by atoms with Gasteiger partial charge in [0, 0.05) is 39.2 Å². The zero-order chi connectivity index (χ0) is 10.4. The fraction of sp³-hybridized carbons (Fsp3) is 0.700. The van der Waals surface area contributed by atoms with Crippen LogP contribution in [0.15, 0.2) is 11.8 Å². The van der Waals surface area contributed by atoms with E-state index in [1.54, 1.807) is 13.8 Å². The Balaban J connectivity index is 0. The Morgan fingerprint density at radius 3 is 2.29 bits per heavy atom. The molecule has 0 aliphatic heterocycles. The van der Waals surface area contributed by atoms with Crippen LogP contribution in [0.2, 0.25) is 0 Å². The van der Waals surface area contributed by atoms with Gasteiger partial charge in [-0.15, -0.1) is 0 Å². The molecule has 0 aromatic heterocycles. The van der Waals surface area contributed by atoms with Crippen molar-refractivity contribution < 1.29 is 34.7 Å². The van der Waals surface area contributed by atoms with Crippen LogP contribution in [0, 0.1) is 5.92 Å². The van der Waals surface area contributed by atoms with E-state index in [9.17, 15) is 9.90 Å². The molecule has 0 aliphatic carbocycles. The van der Waals surface area contributed by atoms with Gasteiger partial charge < -0.3 is 9.84 Å². The van der Waals surface area contributed by atoms with Crippen LogP contribution in [-0.4, -0.2) is 24.1 Å². The minimum Gasteiger partial charge on any atom is -0.509 e. The number of ketones is 1. The third kappa shape index (κ3) is 5.53. The van der Waals surface area contributed by atoms with E-state index in [4.69, 9.17) is 4.74 Å². The van der Waals surface area contributed by atoms with E-state index in [2.05, 4.69) is 0 Å². The van der Waals surface area contributed by atoms with Crippen LogP contribution in [0.1, 0.15) is 27.2 Å². The molecule has 1 atom stereocenters. The number of methoxy groups -OCH3 is 1. The van der Waals surface area contributed by atoms with Crippen molar-refractivity contribution in [2.75, 3.05) is 7.11 Å². The first kappa shape index (κ1) is 16.3. The van der Waals surface area contributed by atoms with Crippen LogP contribution in [0.5, 0.6) is 0 Å². The maximum atomic E-state index is 11.2. The first-order valence-electron chi connectivity index (χ1n) is 4.50. The van der Waals surface area contributed by atoms with Gasteiger partial charge in [-0.1, -0.05) is 20.8 Å². The van der Waals surface area contributed by atoms with Gasteiger partial charge in [0.05, 0.1) is 0 Å². The van der Waals surface area contributed by atoms with Gasteiger partial charge in [-0.05, 0) is 6.42 Å². The molecule has 0 aliphatic rings. The van der Waals surface area contributed by atoms with Crippen molar-refractivity contribution in [2.45, 2.75) is 33.3 Å². The molecular formula is C10H18IrO3. The SMILES string of the molecule is CCC(OC)/C(O)=C/C(=O)C(C)C.[Ir]. The third-order valence-corrected chi connectivity index (χ3v) is 1.84. The average molecular weight is 378 g/mol. The van der Waals surface area contributed by atoms with Crippen molar-refractivity contribution >= 4 is 5.78 Å². The number of aliphatic hydroxyl groups is 1. The minimum absolute atomic E-state index is 0. The summed E-state index contributed by atoms with van der Waals surface area (Å²) in [6.45, 7) is 5.47. The molecule has 0 amide bonds. The maximum Gasteiger partial charge on any atom is 0.161 e. The summed E-state index contributed by atoms with van der Waals surface area (Å²) < 4.78 is 4.97. The summed E-state index contributed by atoms with van der Waals surface area (Å²) in [6, 6.07) is 0. The molecule has 0 heterocycles.